The van der Waals surface area contributed by atoms with Crippen LogP contribution in [0.25, 0.3) is 0 Å². The van der Waals surface area contributed by atoms with E-state index >= 15 is 0 Å². The quantitative estimate of drug-likeness (QED) is 0.844. The molecule has 88 valence electrons. The fourth-order valence-corrected chi connectivity index (χ4v) is 1.63. The van der Waals surface area contributed by atoms with Gasteiger partial charge >= 0.3 is 0 Å². The van der Waals surface area contributed by atoms with Crippen LogP contribution in [0.15, 0.2) is 48.5 Å². The van der Waals surface area contributed by atoms with E-state index in [9.17, 15) is 0 Å². The SMILES string of the molecule is CCNc1ccccc1Oc1ccc(C)cc1. The van der Waals surface area contributed by atoms with Crippen LogP contribution in [0.5, 0.6) is 11.5 Å². The summed E-state index contributed by atoms with van der Waals surface area (Å²) in [7, 11) is 0. The van der Waals surface area contributed by atoms with Crippen LogP contribution in [0, 0.1) is 6.92 Å². The summed E-state index contributed by atoms with van der Waals surface area (Å²) in [5.74, 6) is 1.72. The first-order valence-corrected chi connectivity index (χ1v) is 5.87. The van der Waals surface area contributed by atoms with Crippen LogP contribution in [0.1, 0.15) is 12.5 Å². The van der Waals surface area contributed by atoms with Crippen molar-refractivity contribution < 1.29 is 4.74 Å². The molecular formula is C15H17NO. The molecule has 2 nitrogen and oxygen atoms in total. The van der Waals surface area contributed by atoms with Crippen LogP contribution in [-0.4, -0.2) is 6.54 Å². The smallest absolute Gasteiger partial charge is 0.150 e. The second kappa shape index (κ2) is 5.39. The van der Waals surface area contributed by atoms with Crippen molar-refractivity contribution in [3.8, 4) is 11.5 Å². The van der Waals surface area contributed by atoms with Crippen LogP contribution in [-0.2, 0) is 0 Å². The summed E-state index contributed by atoms with van der Waals surface area (Å²) in [5.41, 5.74) is 2.26. The molecule has 1 N–H and O–H groups in total. The van der Waals surface area contributed by atoms with Crippen molar-refractivity contribution in [2.45, 2.75) is 13.8 Å². The maximum absolute atomic E-state index is 5.85. The number of nitrogens with one attached hydrogen (secondary N) is 1. The van der Waals surface area contributed by atoms with Crippen LogP contribution >= 0.6 is 0 Å². The van der Waals surface area contributed by atoms with E-state index in [1.54, 1.807) is 0 Å². The van der Waals surface area contributed by atoms with Gasteiger partial charge in [-0.25, -0.2) is 0 Å². The molecule has 0 radical (unpaired) electrons. The molecule has 0 spiro atoms. The Bertz CT molecular complexity index is 477. The van der Waals surface area contributed by atoms with Crippen LogP contribution in [0.4, 0.5) is 5.69 Å². The molecule has 0 atom stereocenters. The van der Waals surface area contributed by atoms with E-state index in [-0.39, 0.29) is 0 Å². The van der Waals surface area contributed by atoms with Crippen molar-refractivity contribution in [2.24, 2.45) is 0 Å². The van der Waals surface area contributed by atoms with Gasteiger partial charge in [0.05, 0.1) is 5.69 Å². The molecule has 0 heterocycles. The van der Waals surface area contributed by atoms with Crippen LogP contribution in [0.3, 0.4) is 0 Å². The second-order valence-electron chi connectivity index (χ2n) is 3.94. The number of hydrogen-bond donors (Lipinski definition) is 1. The van der Waals surface area contributed by atoms with Gasteiger partial charge < -0.3 is 10.1 Å². The zero-order valence-electron chi connectivity index (χ0n) is 10.2. The maximum atomic E-state index is 5.85. The predicted molar refractivity (Wildman–Crippen MR) is 71.9 cm³/mol. The lowest BCUT2D eigenvalue weighted by atomic mass is 10.2. The van der Waals surface area contributed by atoms with E-state index in [0.717, 1.165) is 23.7 Å². The van der Waals surface area contributed by atoms with Crippen molar-refractivity contribution in [3.05, 3.63) is 54.1 Å². The highest BCUT2D eigenvalue weighted by Gasteiger charge is 2.02. The molecule has 0 aliphatic rings. The second-order valence-corrected chi connectivity index (χ2v) is 3.94. The Kier molecular flexibility index (Phi) is 3.66. The minimum atomic E-state index is 0.859. The van der Waals surface area contributed by atoms with Gasteiger partial charge in [-0.1, -0.05) is 29.8 Å². The van der Waals surface area contributed by atoms with E-state index in [1.165, 1.54) is 5.56 Å². The fraction of sp³-hybridized carbons (Fsp3) is 0.200. The van der Waals surface area contributed by atoms with Crippen molar-refractivity contribution in [1.82, 2.24) is 0 Å². The van der Waals surface area contributed by atoms with Crippen LogP contribution in [0.2, 0.25) is 0 Å². The topological polar surface area (TPSA) is 21.3 Å². The van der Waals surface area contributed by atoms with Gasteiger partial charge in [0, 0.05) is 6.54 Å². The summed E-state index contributed by atoms with van der Waals surface area (Å²) >= 11 is 0. The highest BCUT2D eigenvalue weighted by Crippen LogP contribution is 2.29. The molecule has 0 fully saturated rings. The van der Waals surface area contributed by atoms with Crippen molar-refractivity contribution in [2.75, 3.05) is 11.9 Å². The van der Waals surface area contributed by atoms with Gasteiger partial charge in [0.1, 0.15) is 5.75 Å². The Labute approximate surface area is 102 Å². The Morgan fingerprint density at radius 1 is 1.00 bits per heavy atom. The van der Waals surface area contributed by atoms with Gasteiger partial charge in [-0.05, 0) is 38.1 Å². The molecular weight excluding hydrogens is 210 g/mol. The molecule has 0 amide bonds. The molecule has 2 aromatic rings. The van der Waals surface area contributed by atoms with Crippen LogP contribution < -0.4 is 10.1 Å². The molecule has 0 bridgehead atoms. The van der Waals surface area contributed by atoms with Crippen molar-refractivity contribution in [3.63, 3.8) is 0 Å². The van der Waals surface area contributed by atoms with E-state index in [2.05, 4.69) is 19.2 Å². The Balaban J connectivity index is 2.20. The fourth-order valence-electron chi connectivity index (χ4n) is 1.63. The lowest BCUT2D eigenvalue weighted by Gasteiger charge is -2.11. The Hall–Kier alpha value is -1.96. The summed E-state index contributed by atoms with van der Waals surface area (Å²) < 4.78 is 5.85. The average molecular weight is 227 g/mol. The highest BCUT2D eigenvalue weighted by atomic mass is 16.5. The summed E-state index contributed by atoms with van der Waals surface area (Å²) in [6, 6.07) is 16.0. The first-order chi connectivity index (χ1) is 8.29. The highest BCUT2D eigenvalue weighted by molar-refractivity contribution is 5.57. The summed E-state index contributed by atoms with van der Waals surface area (Å²) in [4.78, 5) is 0. The number of benzene rings is 2. The third-order valence-corrected chi connectivity index (χ3v) is 2.50. The number of para-hydroxylation sites is 2. The molecule has 0 saturated heterocycles. The summed E-state index contributed by atoms with van der Waals surface area (Å²) in [5, 5.41) is 3.28. The normalized spacial score (nSPS) is 10.0. The molecule has 2 heteroatoms. The van der Waals surface area contributed by atoms with Gasteiger partial charge in [-0.15, -0.1) is 0 Å². The molecule has 17 heavy (non-hydrogen) atoms. The van der Waals surface area contributed by atoms with Gasteiger partial charge in [-0.3, -0.25) is 0 Å². The van der Waals surface area contributed by atoms with Crippen molar-refractivity contribution in [1.29, 1.82) is 0 Å². The third-order valence-electron chi connectivity index (χ3n) is 2.50. The van der Waals surface area contributed by atoms with Gasteiger partial charge in [0.2, 0.25) is 0 Å². The number of anilines is 1. The van der Waals surface area contributed by atoms with Gasteiger partial charge in [0.15, 0.2) is 5.75 Å². The number of hydrogen-bond acceptors (Lipinski definition) is 2. The zero-order chi connectivity index (χ0) is 12.1. The lowest BCUT2D eigenvalue weighted by molar-refractivity contribution is 0.484. The summed E-state index contributed by atoms with van der Waals surface area (Å²) in [6.07, 6.45) is 0. The molecule has 0 unspecified atom stereocenters. The largest absolute Gasteiger partial charge is 0.455 e. The van der Waals surface area contributed by atoms with Gasteiger partial charge in [-0.2, -0.15) is 0 Å². The molecule has 2 aromatic carbocycles. The number of aryl methyl sites for hydroxylation is 1. The van der Waals surface area contributed by atoms with Crippen molar-refractivity contribution >= 4 is 5.69 Å². The summed E-state index contributed by atoms with van der Waals surface area (Å²) in [6.45, 7) is 5.02. The first kappa shape index (κ1) is 11.5. The Morgan fingerprint density at radius 3 is 2.41 bits per heavy atom. The van der Waals surface area contributed by atoms with E-state index in [4.69, 9.17) is 4.74 Å². The minimum absolute atomic E-state index is 0.859. The standard InChI is InChI=1S/C15H17NO/c1-3-16-14-6-4-5-7-15(14)17-13-10-8-12(2)9-11-13/h4-11,16H,3H2,1-2H3. The lowest BCUT2D eigenvalue weighted by Crippen LogP contribution is -1.98. The first-order valence-electron chi connectivity index (χ1n) is 5.87. The van der Waals surface area contributed by atoms with E-state index < -0.39 is 0 Å². The van der Waals surface area contributed by atoms with Gasteiger partial charge in [0.25, 0.3) is 0 Å². The molecule has 0 aromatic heterocycles. The third kappa shape index (κ3) is 3.00. The molecule has 0 aliphatic heterocycles. The number of rotatable bonds is 4. The maximum Gasteiger partial charge on any atom is 0.150 e. The Morgan fingerprint density at radius 2 is 1.71 bits per heavy atom. The monoisotopic (exact) mass is 227 g/mol. The predicted octanol–water partition coefficient (Wildman–Crippen LogP) is 4.22. The number of ether oxygens (including phenoxy) is 1. The molecule has 0 aliphatic carbocycles. The molecule has 0 saturated carbocycles. The zero-order valence-corrected chi connectivity index (χ0v) is 10.2. The van der Waals surface area contributed by atoms with E-state index in [1.807, 2.05) is 48.5 Å². The average Bonchev–Trinajstić information content (AvgIpc) is 2.35. The molecule has 2 rings (SSSR count). The van der Waals surface area contributed by atoms with E-state index in [0.29, 0.717) is 0 Å². The minimum Gasteiger partial charge on any atom is -0.455 e.